The second kappa shape index (κ2) is 12.7. The van der Waals surface area contributed by atoms with E-state index in [9.17, 15) is 4.79 Å². The summed E-state index contributed by atoms with van der Waals surface area (Å²) in [7, 11) is 3.12. The molecule has 0 spiro atoms. The van der Waals surface area contributed by atoms with Gasteiger partial charge in [-0.3, -0.25) is 0 Å². The first-order valence-corrected chi connectivity index (χ1v) is 14.8. The number of aromatic nitrogens is 1. The molecule has 1 fully saturated rings. The summed E-state index contributed by atoms with van der Waals surface area (Å²) in [6.45, 7) is 3.18. The van der Waals surface area contributed by atoms with Gasteiger partial charge in [-0.25, -0.2) is 9.78 Å². The number of hydrogen-bond donors (Lipinski definition) is 0. The lowest BCUT2D eigenvalue weighted by molar-refractivity contribution is -0.149. The maximum Gasteiger partial charge on any atom is 0.347 e. The van der Waals surface area contributed by atoms with Crippen molar-refractivity contribution in [3.05, 3.63) is 51.8 Å². The Morgan fingerprint density at radius 3 is 2.49 bits per heavy atom. The van der Waals surface area contributed by atoms with Crippen molar-refractivity contribution in [2.45, 2.75) is 64.4 Å². The Morgan fingerprint density at radius 2 is 1.82 bits per heavy atom. The fraction of sp³-hybridized carbons (Fsp3) is 0.484. The van der Waals surface area contributed by atoms with Crippen LogP contribution >= 0.6 is 11.3 Å². The molecule has 0 amide bonds. The van der Waals surface area contributed by atoms with Crippen molar-refractivity contribution in [1.29, 1.82) is 0 Å². The average molecular weight is 552 g/mol. The minimum Gasteiger partial charge on any atom is -0.496 e. The Kier molecular flexibility index (Phi) is 8.91. The lowest BCUT2D eigenvalue weighted by Crippen LogP contribution is -2.32. The fourth-order valence-electron chi connectivity index (χ4n) is 5.16. The van der Waals surface area contributed by atoms with Gasteiger partial charge in [0.2, 0.25) is 0 Å². The molecule has 2 aromatic carbocycles. The molecule has 39 heavy (non-hydrogen) atoms. The summed E-state index contributed by atoms with van der Waals surface area (Å²) in [5.74, 6) is 3.70. The van der Waals surface area contributed by atoms with Crippen LogP contribution in [0.5, 0.6) is 23.0 Å². The van der Waals surface area contributed by atoms with Crippen LogP contribution in [-0.4, -0.2) is 44.5 Å². The van der Waals surface area contributed by atoms with E-state index in [1.807, 2.05) is 35.2 Å². The van der Waals surface area contributed by atoms with Crippen molar-refractivity contribution in [3.63, 3.8) is 0 Å². The van der Waals surface area contributed by atoms with E-state index in [1.165, 1.54) is 20.0 Å². The maximum absolute atomic E-state index is 12.1. The van der Waals surface area contributed by atoms with Crippen molar-refractivity contribution in [3.8, 4) is 34.3 Å². The highest BCUT2D eigenvalue weighted by molar-refractivity contribution is 7.07. The fourth-order valence-corrected chi connectivity index (χ4v) is 5.71. The third kappa shape index (κ3) is 6.32. The topological polar surface area (TPSA) is 76.1 Å². The standard InChI is InChI=1S/C31H37NO6S/c1-4-6-23-26(12-9-21-10-13-28(31(33)35-3)38-29(21)23)36-15-5-16-37-27-14-11-22(25-18-39-19-32-25)30(34-2)24(27)17-20-7-8-20/h9,11-12,14,18-20,28H,4-8,10,13,15-17H2,1-3H3. The third-order valence-electron chi connectivity index (χ3n) is 7.32. The summed E-state index contributed by atoms with van der Waals surface area (Å²) < 4.78 is 29.4. The summed E-state index contributed by atoms with van der Waals surface area (Å²) in [6.07, 6.45) is 6.80. The normalized spacial score (nSPS) is 16.2. The molecular weight excluding hydrogens is 514 g/mol. The van der Waals surface area contributed by atoms with E-state index in [-0.39, 0.29) is 5.97 Å². The van der Waals surface area contributed by atoms with Gasteiger partial charge in [-0.2, -0.15) is 0 Å². The first-order valence-electron chi connectivity index (χ1n) is 13.9. The predicted octanol–water partition coefficient (Wildman–Crippen LogP) is 6.44. The molecule has 1 aromatic heterocycles. The lowest BCUT2D eigenvalue weighted by atomic mass is 9.96. The Morgan fingerprint density at radius 1 is 1.05 bits per heavy atom. The second-order valence-corrected chi connectivity index (χ2v) is 10.9. The van der Waals surface area contributed by atoms with Gasteiger partial charge in [-0.05, 0) is 68.2 Å². The summed E-state index contributed by atoms with van der Waals surface area (Å²) in [4.78, 5) is 16.6. The molecule has 1 aliphatic carbocycles. The van der Waals surface area contributed by atoms with Crippen LogP contribution in [0.3, 0.4) is 0 Å². The van der Waals surface area contributed by atoms with Gasteiger partial charge in [-0.15, -0.1) is 11.3 Å². The second-order valence-electron chi connectivity index (χ2n) is 10.1. The summed E-state index contributed by atoms with van der Waals surface area (Å²) in [5.41, 5.74) is 7.06. The van der Waals surface area contributed by atoms with Crippen molar-refractivity contribution in [2.24, 2.45) is 5.92 Å². The van der Waals surface area contributed by atoms with Gasteiger partial charge in [0.25, 0.3) is 0 Å². The molecule has 0 saturated heterocycles. The highest BCUT2D eigenvalue weighted by atomic mass is 32.1. The van der Waals surface area contributed by atoms with Crippen molar-refractivity contribution in [2.75, 3.05) is 27.4 Å². The van der Waals surface area contributed by atoms with Crippen LogP contribution in [0.25, 0.3) is 11.3 Å². The van der Waals surface area contributed by atoms with Gasteiger partial charge in [0.15, 0.2) is 6.10 Å². The van der Waals surface area contributed by atoms with E-state index in [2.05, 4.69) is 11.9 Å². The number of rotatable bonds is 13. The predicted molar refractivity (Wildman–Crippen MR) is 151 cm³/mol. The number of methoxy groups -OCH3 is 2. The SMILES string of the molecule is CCCc1c(OCCCOc2ccc(-c3cscn3)c(OC)c2CC2CC2)ccc2c1OC(C(=O)OC)CC2. The Bertz CT molecular complexity index is 1270. The minimum atomic E-state index is -0.564. The molecule has 0 radical (unpaired) electrons. The highest BCUT2D eigenvalue weighted by Gasteiger charge is 2.30. The smallest absolute Gasteiger partial charge is 0.347 e. The molecule has 2 aliphatic rings. The van der Waals surface area contributed by atoms with Crippen LogP contribution in [0.4, 0.5) is 0 Å². The van der Waals surface area contributed by atoms with Crippen molar-refractivity contribution >= 4 is 17.3 Å². The molecule has 8 heteroatoms. The number of ether oxygens (including phenoxy) is 5. The number of fused-ring (bicyclic) bond motifs is 1. The number of esters is 1. The van der Waals surface area contributed by atoms with Crippen LogP contribution in [-0.2, 0) is 28.8 Å². The summed E-state index contributed by atoms with van der Waals surface area (Å²) in [5, 5.41) is 2.05. The molecule has 3 aromatic rings. The molecule has 208 valence electrons. The zero-order chi connectivity index (χ0) is 27.2. The van der Waals surface area contributed by atoms with E-state index < -0.39 is 6.10 Å². The van der Waals surface area contributed by atoms with Gasteiger partial charge in [-0.1, -0.05) is 19.4 Å². The van der Waals surface area contributed by atoms with E-state index >= 15 is 0 Å². The Hall–Kier alpha value is -3.26. The van der Waals surface area contributed by atoms with Crippen LogP contribution in [0.2, 0.25) is 0 Å². The molecule has 2 heterocycles. The van der Waals surface area contributed by atoms with E-state index in [0.717, 1.165) is 83.0 Å². The highest BCUT2D eigenvalue weighted by Crippen LogP contribution is 2.44. The number of thiazole rings is 1. The monoisotopic (exact) mass is 551 g/mol. The summed E-state index contributed by atoms with van der Waals surface area (Å²) in [6, 6.07) is 8.17. The summed E-state index contributed by atoms with van der Waals surface area (Å²) >= 11 is 1.58. The molecule has 1 atom stereocenters. The Balaban J connectivity index is 1.24. The molecular formula is C31H37NO6S. The quantitative estimate of drug-likeness (QED) is 0.179. The molecule has 1 unspecified atom stereocenters. The number of benzene rings is 2. The van der Waals surface area contributed by atoms with Gasteiger partial charge in [0.05, 0.1) is 38.6 Å². The van der Waals surface area contributed by atoms with E-state index in [1.54, 1.807) is 18.4 Å². The van der Waals surface area contributed by atoms with Gasteiger partial charge >= 0.3 is 5.97 Å². The van der Waals surface area contributed by atoms with Gasteiger partial charge < -0.3 is 23.7 Å². The van der Waals surface area contributed by atoms with Gasteiger partial charge in [0.1, 0.15) is 23.0 Å². The van der Waals surface area contributed by atoms with E-state index in [0.29, 0.717) is 25.6 Å². The van der Waals surface area contributed by atoms with Crippen LogP contribution in [0, 0.1) is 5.92 Å². The zero-order valence-electron chi connectivity index (χ0n) is 23.0. The number of carbonyl (C=O) groups excluding carboxylic acids is 1. The number of carbonyl (C=O) groups is 1. The number of nitrogens with zero attached hydrogens (tertiary/aromatic N) is 1. The van der Waals surface area contributed by atoms with Crippen molar-refractivity contribution < 1.29 is 28.5 Å². The maximum atomic E-state index is 12.1. The average Bonchev–Trinajstić information content (AvgIpc) is 3.62. The molecule has 1 saturated carbocycles. The van der Waals surface area contributed by atoms with E-state index in [4.69, 9.17) is 23.7 Å². The molecule has 7 nitrogen and oxygen atoms in total. The zero-order valence-corrected chi connectivity index (χ0v) is 23.8. The number of aryl methyl sites for hydroxylation is 1. The molecule has 5 rings (SSSR count). The third-order valence-corrected chi connectivity index (χ3v) is 7.91. The minimum absolute atomic E-state index is 0.330. The largest absolute Gasteiger partial charge is 0.496 e. The van der Waals surface area contributed by atoms with Crippen LogP contribution < -0.4 is 18.9 Å². The number of hydrogen-bond acceptors (Lipinski definition) is 8. The van der Waals surface area contributed by atoms with Crippen LogP contribution in [0.15, 0.2) is 35.2 Å². The Labute approximate surface area is 234 Å². The molecule has 1 aliphatic heterocycles. The molecule has 0 bridgehead atoms. The van der Waals surface area contributed by atoms with Gasteiger partial charge in [0, 0.05) is 28.5 Å². The first-order chi connectivity index (χ1) is 19.1. The first kappa shape index (κ1) is 27.3. The van der Waals surface area contributed by atoms with Crippen molar-refractivity contribution in [1.82, 2.24) is 4.98 Å². The molecule has 0 N–H and O–H groups in total. The van der Waals surface area contributed by atoms with Crippen LogP contribution in [0.1, 0.15) is 55.7 Å². The lowest BCUT2D eigenvalue weighted by Gasteiger charge is -2.27.